The largest absolute Gasteiger partial charge is 0.497 e. The lowest BCUT2D eigenvalue weighted by Crippen LogP contribution is -2.13. The third-order valence-electron chi connectivity index (χ3n) is 4.22. The van der Waals surface area contributed by atoms with Gasteiger partial charge in [0, 0.05) is 24.8 Å². The summed E-state index contributed by atoms with van der Waals surface area (Å²) in [7, 11) is 3.37. The van der Waals surface area contributed by atoms with Gasteiger partial charge >= 0.3 is 5.97 Å². The molecule has 0 saturated heterocycles. The number of carbonyl (C=O) groups is 2. The summed E-state index contributed by atoms with van der Waals surface area (Å²) in [6.07, 6.45) is 2.91. The zero-order chi connectivity index (χ0) is 20.3. The van der Waals surface area contributed by atoms with Crippen LogP contribution in [0.25, 0.3) is 0 Å². The Morgan fingerprint density at radius 1 is 1.18 bits per heavy atom. The number of allylic oxidation sites excluding steroid dienone is 3. The van der Waals surface area contributed by atoms with E-state index >= 15 is 0 Å². The van der Waals surface area contributed by atoms with Crippen LogP contribution in [0.1, 0.15) is 20.7 Å². The third-order valence-corrected chi connectivity index (χ3v) is 4.22. The quantitative estimate of drug-likeness (QED) is 0.485. The van der Waals surface area contributed by atoms with Crippen molar-refractivity contribution in [3.8, 4) is 17.6 Å². The molecule has 0 radical (unpaired) electrons. The molecule has 0 aliphatic carbocycles. The van der Waals surface area contributed by atoms with Crippen molar-refractivity contribution in [3.63, 3.8) is 0 Å². The van der Waals surface area contributed by atoms with E-state index in [9.17, 15) is 14.9 Å². The highest BCUT2D eigenvalue weighted by Crippen LogP contribution is 2.40. The number of methoxy groups -OCH3 is 1. The van der Waals surface area contributed by atoms with Gasteiger partial charge < -0.3 is 19.5 Å². The molecule has 0 unspecified atom stereocenters. The minimum absolute atomic E-state index is 0.0651. The first-order chi connectivity index (χ1) is 13.4. The molecular weight excluding hydrogens is 360 g/mol. The van der Waals surface area contributed by atoms with Gasteiger partial charge in [0.1, 0.15) is 17.4 Å². The highest BCUT2D eigenvalue weighted by atomic mass is 16.5. The average molecular weight is 376 g/mol. The number of nitrogens with zero attached hydrogens (tertiary/aromatic N) is 2. The van der Waals surface area contributed by atoms with Crippen molar-refractivity contribution in [2.45, 2.75) is 0 Å². The number of hydrogen-bond donors (Lipinski definition) is 1. The van der Waals surface area contributed by atoms with Gasteiger partial charge in [-0.2, -0.15) is 5.26 Å². The standard InChI is InChI=1S/C21H16N2O5/c1-23-17-11-16(27-2)8-9-18(17)28-19(23)10-7-15(12-22)20(24)13-3-5-14(6-4-13)21(25)26/h3-11H,1-2H3,(H,25,26). The van der Waals surface area contributed by atoms with Gasteiger partial charge in [-0.1, -0.05) is 12.1 Å². The number of fused-ring (bicyclic) bond motifs is 1. The first-order valence-electron chi connectivity index (χ1n) is 8.24. The minimum Gasteiger partial charge on any atom is -0.497 e. The van der Waals surface area contributed by atoms with Crippen molar-refractivity contribution in [2.24, 2.45) is 0 Å². The first-order valence-corrected chi connectivity index (χ1v) is 8.24. The smallest absolute Gasteiger partial charge is 0.335 e. The van der Waals surface area contributed by atoms with E-state index in [0.717, 1.165) is 5.69 Å². The van der Waals surface area contributed by atoms with Crippen LogP contribution in [0.2, 0.25) is 0 Å². The van der Waals surface area contributed by atoms with Gasteiger partial charge in [0.05, 0.1) is 18.4 Å². The van der Waals surface area contributed by atoms with Gasteiger partial charge in [-0.3, -0.25) is 4.79 Å². The summed E-state index contributed by atoms with van der Waals surface area (Å²) in [5, 5.41) is 18.3. The molecule has 1 heterocycles. The number of rotatable bonds is 5. The summed E-state index contributed by atoms with van der Waals surface area (Å²) in [5.74, 6) is 0.180. The molecule has 3 rings (SSSR count). The molecule has 1 aliphatic rings. The summed E-state index contributed by atoms with van der Waals surface area (Å²) >= 11 is 0. The Labute approximate surface area is 161 Å². The van der Waals surface area contributed by atoms with E-state index in [1.807, 2.05) is 12.1 Å². The first kappa shape index (κ1) is 18.7. The van der Waals surface area contributed by atoms with Crippen LogP contribution in [0.15, 0.2) is 66.1 Å². The van der Waals surface area contributed by atoms with Crippen LogP contribution in [-0.4, -0.2) is 31.0 Å². The number of hydrogen-bond acceptors (Lipinski definition) is 6. The lowest BCUT2D eigenvalue weighted by Gasteiger charge is -2.10. The fraction of sp³-hybridized carbons (Fsp3) is 0.0952. The Morgan fingerprint density at radius 2 is 1.86 bits per heavy atom. The van der Waals surface area contributed by atoms with E-state index in [0.29, 0.717) is 17.4 Å². The number of carboxylic acid groups (broad SMARTS) is 1. The van der Waals surface area contributed by atoms with Crippen LogP contribution in [-0.2, 0) is 0 Å². The molecule has 0 fully saturated rings. The monoisotopic (exact) mass is 376 g/mol. The number of aromatic carboxylic acids is 1. The van der Waals surface area contributed by atoms with Gasteiger partial charge in [-0.15, -0.1) is 0 Å². The lowest BCUT2D eigenvalue weighted by molar-refractivity contribution is 0.0696. The maximum absolute atomic E-state index is 12.5. The number of nitriles is 1. The molecule has 1 N–H and O–H groups in total. The Kier molecular flexibility index (Phi) is 5.14. The Morgan fingerprint density at radius 3 is 2.46 bits per heavy atom. The maximum atomic E-state index is 12.5. The molecule has 0 bridgehead atoms. The second-order valence-electron chi connectivity index (χ2n) is 5.90. The van der Waals surface area contributed by atoms with Gasteiger partial charge in [0.2, 0.25) is 5.78 Å². The van der Waals surface area contributed by atoms with E-state index in [-0.39, 0.29) is 16.7 Å². The lowest BCUT2D eigenvalue weighted by atomic mass is 10.0. The molecule has 0 spiro atoms. The SMILES string of the molecule is COc1ccc2c(c1)N(C)C(=CC=C(C#N)C(=O)c1ccc(C(=O)O)cc1)O2. The van der Waals surface area contributed by atoms with E-state index in [4.69, 9.17) is 14.6 Å². The second-order valence-corrected chi connectivity index (χ2v) is 5.90. The van der Waals surface area contributed by atoms with E-state index in [1.165, 1.54) is 36.4 Å². The van der Waals surface area contributed by atoms with Crippen LogP contribution in [0.3, 0.4) is 0 Å². The van der Waals surface area contributed by atoms with Crippen LogP contribution in [0.5, 0.6) is 11.5 Å². The number of benzene rings is 2. The third kappa shape index (κ3) is 3.57. The van der Waals surface area contributed by atoms with Crippen molar-refractivity contribution >= 4 is 17.4 Å². The molecule has 2 aromatic carbocycles. The molecule has 7 heteroatoms. The molecule has 1 aliphatic heterocycles. The fourth-order valence-electron chi connectivity index (χ4n) is 2.66. The number of anilines is 1. The topological polar surface area (TPSA) is 99.9 Å². The molecule has 0 atom stereocenters. The van der Waals surface area contributed by atoms with E-state index in [2.05, 4.69) is 0 Å². The van der Waals surface area contributed by atoms with E-state index in [1.54, 1.807) is 31.2 Å². The van der Waals surface area contributed by atoms with Crippen molar-refractivity contribution in [1.82, 2.24) is 0 Å². The number of carbonyl (C=O) groups excluding carboxylic acids is 1. The van der Waals surface area contributed by atoms with Crippen molar-refractivity contribution in [2.75, 3.05) is 19.1 Å². The normalized spacial score (nSPS) is 14.2. The van der Waals surface area contributed by atoms with Gasteiger partial charge in [0.15, 0.2) is 11.6 Å². The summed E-state index contributed by atoms with van der Waals surface area (Å²) in [5.41, 5.74) is 0.995. The fourth-order valence-corrected chi connectivity index (χ4v) is 2.66. The highest BCUT2D eigenvalue weighted by molar-refractivity contribution is 6.11. The van der Waals surface area contributed by atoms with Crippen LogP contribution in [0.4, 0.5) is 5.69 Å². The van der Waals surface area contributed by atoms with Gasteiger partial charge in [-0.05, 0) is 30.3 Å². The number of Topliss-reactive ketones (excluding diaryl/α,β-unsaturated/α-hetero) is 1. The number of ketones is 1. The molecule has 0 aromatic heterocycles. The second kappa shape index (κ2) is 7.68. The molecular formula is C21H16N2O5. The zero-order valence-corrected chi connectivity index (χ0v) is 15.2. The predicted octanol–water partition coefficient (Wildman–Crippen LogP) is 3.40. The zero-order valence-electron chi connectivity index (χ0n) is 15.2. The molecule has 7 nitrogen and oxygen atoms in total. The molecule has 28 heavy (non-hydrogen) atoms. The van der Waals surface area contributed by atoms with Crippen molar-refractivity contribution in [3.05, 3.63) is 77.2 Å². The highest BCUT2D eigenvalue weighted by Gasteiger charge is 2.23. The van der Waals surface area contributed by atoms with Crippen LogP contribution >= 0.6 is 0 Å². The maximum Gasteiger partial charge on any atom is 0.335 e. The number of carboxylic acids is 1. The summed E-state index contributed by atoms with van der Waals surface area (Å²) in [6.45, 7) is 0. The van der Waals surface area contributed by atoms with Crippen molar-refractivity contribution in [1.29, 1.82) is 5.26 Å². The summed E-state index contributed by atoms with van der Waals surface area (Å²) in [6, 6.07) is 12.6. The molecule has 2 aromatic rings. The Balaban J connectivity index is 1.84. The molecule has 0 saturated carbocycles. The summed E-state index contributed by atoms with van der Waals surface area (Å²) in [4.78, 5) is 25.2. The minimum atomic E-state index is -1.09. The molecule has 140 valence electrons. The summed E-state index contributed by atoms with van der Waals surface area (Å²) < 4.78 is 10.9. The predicted molar refractivity (Wildman–Crippen MR) is 102 cm³/mol. The van der Waals surface area contributed by atoms with Crippen LogP contribution in [0, 0.1) is 11.3 Å². The van der Waals surface area contributed by atoms with E-state index < -0.39 is 11.8 Å². The van der Waals surface area contributed by atoms with Crippen molar-refractivity contribution < 1.29 is 24.2 Å². The number of ether oxygens (including phenoxy) is 2. The molecule has 0 amide bonds. The average Bonchev–Trinajstić information content (AvgIpc) is 3.03. The Bertz CT molecular complexity index is 1050. The van der Waals surface area contributed by atoms with Gasteiger partial charge in [0.25, 0.3) is 0 Å². The van der Waals surface area contributed by atoms with Gasteiger partial charge in [-0.25, -0.2) is 4.79 Å². The van der Waals surface area contributed by atoms with Crippen LogP contribution < -0.4 is 14.4 Å². The Hall–Kier alpha value is -4.05.